The van der Waals surface area contributed by atoms with Crippen molar-refractivity contribution in [3.63, 3.8) is 0 Å². The van der Waals surface area contributed by atoms with Gasteiger partial charge in [0.15, 0.2) is 0 Å². The second-order valence-corrected chi connectivity index (χ2v) is 6.91. The lowest BCUT2D eigenvalue weighted by atomic mass is 10.2. The molecule has 0 unspecified atom stereocenters. The van der Waals surface area contributed by atoms with E-state index in [1.165, 1.54) is 18.3 Å². The SMILES string of the molecule is CC(C)CNC(=O)CNS(=O)(=O)c1cccnc1C(N)=S. The van der Waals surface area contributed by atoms with Gasteiger partial charge in [0, 0.05) is 12.7 Å². The van der Waals surface area contributed by atoms with Crippen LogP contribution in [0.5, 0.6) is 0 Å². The normalized spacial score (nSPS) is 11.4. The van der Waals surface area contributed by atoms with E-state index in [4.69, 9.17) is 18.0 Å². The molecule has 0 fully saturated rings. The zero-order valence-electron chi connectivity index (χ0n) is 11.8. The molecule has 1 aromatic heterocycles. The fraction of sp³-hybridized carbons (Fsp3) is 0.417. The second kappa shape index (κ2) is 7.43. The first-order valence-electron chi connectivity index (χ1n) is 6.25. The number of nitrogens with one attached hydrogen (secondary N) is 2. The molecule has 1 amide bonds. The molecule has 9 heteroatoms. The molecule has 21 heavy (non-hydrogen) atoms. The molecule has 0 saturated carbocycles. The molecule has 1 aromatic rings. The topological polar surface area (TPSA) is 114 Å². The summed E-state index contributed by atoms with van der Waals surface area (Å²) in [5.74, 6) is -0.127. The maximum Gasteiger partial charge on any atom is 0.243 e. The molecule has 0 atom stereocenters. The highest BCUT2D eigenvalue weighted by Crippen LogP contribution is 2.12. The summed E-state index contributed by atoms with van der Waals surface area (Å²) in [6.07, 6.45) is 1.39. The Hall–Kier alpha value is -1.58. The lowest BCUT2D eigenvalue weighted by Gasteiger charge is -2.11. The number of carbonyl (C=O) groups excluding carboxylic acids is 1. The Morgan fingerprint density at radius 1 is 1.48 bits per heavy atom. The minimum atomic E-state index is -3.91. The van der Waals surface area contributed by atoms with Gasteiger partial charge in [-0.05, 0) is 18.1 Å². The Bertz CT molecular complexity index is 629. The molecule has 0 saturated heterocycles. The van der Waals surface area contributed by atoms with Gasteiger partial charge in [-0.3, -0.25) is 9.78 Å². The number of pyridine rings is 1. The van der Waals surface area contributed by atoms with Crippen LogP contribution in [0.4, 0.5) is 0 Å². The van der Waals surface area contributed by atoms with Crippen molar-refractivity contribution in [2.24, 2.45) is 11.7 Å². The molecule has 0 aliphatic heterocycles. The summed E-state index contributed by atoms with van der Waals surface area (Å²) >= 11 is 4.77. The Morgan fingerprint density at radius 3 is 2.71 bits per heavy atom. The molecule has 0 radical (unpaired) electrons. The Labute approximate surface area is 129 Å². The first kappa shape index (κ1) is 17.5. The van der Waals surface area contributed by atoms with Crippen molar-refractivity contribution in [1.29, 1.82) is 0 Å². The zero-order chi connectivity index (χ0) is 16.0. The Kier molecular flexibility index (Phi) is 6.19. The maximum atomic E-state index is 12.2. The van der Waals surface area contributed by atoms with E-state index in [0.717, 1.165) is 0 Å². The fourth-order valence-corrected chi connectivity index (χ4v) is 2.79. The van der Waals surface area contributed by atoms with Crippen LogP contribution in [0, 0.1) is 5.92 Å². The van der Waals surface area contributed by atoms with E-state index < -0.39 is 15.9 Å². The van der Waals surface area contributed by atoms with Crippen LogP contribution in [-0.4, -0.2) is 37.4 Å². The van der Waals surface area contributed by atoms with Crippen LogP contribution in [0.15, 0.2) is 23.2 Å². The molecule has 4 N–H and O–H groups in total. The number of carbonyl (C=O) groups is 1. The maximum absolute atomic E-state index is 12.2. The minimum absolute atomic E-state index is 0.00240. The molecule has 116 valence electrons. The standard InChI is InChI=1S/C12H18N4O3S2/c1-8(2)6-15-10(17)7-16-21(18,19)9-4-3-5-14-11(9)12(13)20/h3-5,8,16H,6-7H2,1-2H3,(H2,13,20)(H,15,17). The number of rotatable bonds is 7. The van der Waals surface area contributed by atoms with E-state index in [1.54, 1.807) is 0 Å². The quantitative estimate of drug-likeness (QED) is 0.595. The van der Waals surface area contributed by atoms with Crippen LogP contribution < -0.4 is 15.8 Å². The van der Waals surface area contributed by atoms with E-state index in [-0.39, 0.29) is 28.0 Å². The van der Waals surface area contributed by atoms with E-state index in [1.807, 2.05) is 13.8 Å². The van der Waals surface area contributed by atoms with Crippen LogP contribution in [0.25, 0.3) is 0 Å². The van der Waals surface area contributed by atoms with Crippen LogP contribution in [0.1, 0.15) is 19.5 Å². The third-order valence-electron chi connectivity index (χ3n) is 2.42. The van der Waals surface area contributed by atoms with Gasteiger partial charge >= 0.3 is 0 Å². The number of hydrogen-bond acceptors (Lipinski definition) is 5. The van der Waals surface area contributed by atoms with Gasteiger partial charge in [0.2, 0.25) is 15.9 Å². The van der Waals surface area contributed by atoms with Gasteiger partial charge in [-0.15, -0.1) is 0 Å². The lowest BCUT2D eigenvalue weighted by molar-refractivity contribution is -0.120. The number of sulfonamides is 1. The number of hydrogen-bond donors (Lipinski definition) is 3. The smallest absolute Gasteiger partial charge is 0.243 e. The summed E-state index contributed by atoms with van der Waals surface area (Å²) in [4.78, 5) is 15.1. The molecular formula is C12H18N4O3S2. The predicted octanol–water partition coefficient (Wildman–Crippen LogP) is -0.234. The summed E-state index contributed by atoms with van der Waals surface area (Å²) in [5, 5.41) is 2.61. The minimum Gasteiger partial charge on any atom is -0.388 e. The van der Waals surface area contributed by atoms with Crippen LogP contribution in [0.2, 0.25) is 0 Å². The largest absolute Gasteiger partial charge is 0.388 e. The molecule has 0 aromatic carbocycles. The highest BCUT2D eigenvalue weighted by Gasteiger charge is 2.21. The zero-order valence-corrected chi connectivity index (χ0v) is 13.4. The highest BCUT2D eigenvalue weighted by molar-refractivity contribution is 7.89. The lowest BCUT2D eigenvalue weighted by Crippen LogP contribution is -2.38. The van der Waals surface area contributed by atoms with Crippen LogP contribution in [0.3, 0.4) is 0 Å². The monoisotopic (exact) mass is 330 g/mol. The Balaban J connectivity index is 2.79. The number of thiocarbonyl (C=S) groups is 1. The number of aromatic nitrogens is 1. The third-order valence-corrected chi connectivity index (χ3v) is 4.05. The van der Waals surface area contributed by atoms with Crippen molar-refractivity contribution in [1.82, 2.24) is 15.0 Å². The fourth-order valence-electron chi connectivity index (χ4n) is 1.41. The summed E-state index contributed by atoms with van der Waals surface area (Å²) in [5.41, 5.74) is 5.45. The van der Waals surface area contributed by atoms with Crippen molar-refractivity contribution in [3.8, 4) is 0 Å². The van der Waals surface area contributed by atoms with Gasteiger partial charge in [0.25, 0.3) is 0 Å². The summed E-state index contributed by atoms with van der Waals surface area (Å²) in [6.45, 7) is 4.00. The molecular weight excluding hydrogens is 312 g/mol. The van der Waals surface area contributed by atoms with Crippen LogP contribution in [-0.2, 0) is 14.8 Å². The van der Waals surface area contributed by atoms with E-state index in [2.05, 4.69) is 15.0 Å². The molecule has 0 aliphatic rings. The van der Waals surface area contributed by atoms with Crippen molar-refractivity contribution >= 4 is 33.1 Å². The Morgan fingerprint density at radius 2 is 2.14 bits per heavy atom. The molecule has 7 nitrogen and oxygen atoms in total. The van der Waals surface area contributed by atoms with E-state index in [0.29, 0.717) is 6.54 Å². The van der Waals surface area contributed by atoms with Gasteiger partial charge in [-0.1, -0.05) is 26.1 Å². The molecule has 0 spiro atoms. The summed E-state index contributed by atoms with van der Waals surface area (Å²) in [7, 11) is -3.91. The molecule has 0 aliphatic carbocycles. The first-order valence-corrected chi connectivity index (χ1v) is 8.14. The van der Waals surface area contributed by atoms with Gasteiger partial charge in [0.05, 0.1) is 6.54 Å². The van der Waals surface area contributed by atoms with Gasteiger partial charge in [0.1, 0.15) is 15.6 Å². The number of nitrogens with zero attached hydrogens (tertiary/aromatic N) is 1. The van der Waals surface area contributed by atoms with Gasteiger partial charge in [-0.2, -0.15) is 0 Å². The molecule has 1 rings (SSSR count). The average molecular weight is 330 g/mol. The van der Waals surface area contributed by atoms with Crippen molar-refractivity contribution in [2.45, 2.75) is 18.7 Å². The van der Waals surface area contributed by atoms with E-state index in [9.17, 15) is 13.2 Å². The molecule has 1 heterocycles. The highest BCUT2D eigenvalue weighted by atomic mass is 32.2. The summed E-state index contributed by atoms with van der Waals surface area (Å²) < 4.78 is 26.5. The van der Waals surface area contributed by atoms with Crippen molar-refractivity contribution in [3.05, 3.63) is 24.0 Å². The molecule has 0 bridgehead atoms. The summed E-state index contributed by atoms with van der Waals surface area (Å²) in [6, 6.07) is 2.78. The van der Waals surface area contributed by atoms with Crippen molar-refractivity contribution in [2.75, 3.05) is 13.1 Å². The average Bonchev–Trinajstić information content (AvgIpc) is 2.43. The van der Waals surface area contributed by atoms with Crippen LogP contribution >= 0.6 is 12.2 Å². The number of nitrogens with two attached hydrogens (primary N) is 1. The number of amides is 1. The van der Waals surface area contributed by atoms with E-state index >= 15 is 0 Å². The van der Waals surface area contributed by atoms with Gasteiger partial charge < -0.3 is 11.1 Å². The third kappa shape index (κ3) is 5.37. The predicted molar refractivity (Wildman–Crippen MR) is 83.2 cm³/mol. The second-order valence-electron chi connectivity index (χ2n) is 4.74. The van der Waals surface area contributed by atoms with Crippen molar-refractivity contribution < 1.29 is 13.2 Å². The first-order chi connectivity index (χ1) is 9.74. The van der Waals surface area contributed by atoms with Gasteiger partial charge in [-0.25, -0.2) is 13.1 Å².